The number of methoxy groups -OCH3 is 2. The van der Waals surface area contributed by atoms with E-state index >= 15 is 0 Å². The molecular weight excluding hydrogens is 378 g/mol. The Hall–Kier alpha value is -1.95. The Balaban J connectivity index is 2.10. The fourth-order valence-electron chi connectivity index (χ4n) is 3.01. The fraction of sp³-hybridized carbons (Fsp3) is 0.625. The number of nitro benzene ring substituents is 1. The molecule has 1 saturated heterocycles. The molecule has 1 aromatic rings. The Labute approximate surface area is 158 Å². The van der Waals surface area contributed by atoms with E-state index in [1.807, 2.05) is 13.8 Å². The predicted molar refractivity (Wildman–Crippen MR) is 98.4 cm³/mol. The van der Waals surface area contributed by atoms with Crippen LogP contribution >= 0.6 is 0 Å². The molecule has 10 nitrogen and oxygen atoms in total. The van der Waals surface area contributed by atoms with Crippen LogP contribution in [-0.4, -0.2) is 63.7 Å². The monoisotopic (exact) mass is 403 g/mol. The van der Waals surface area contributed by atoms with Crippen molar-refractivity contribution in [3.63, 3.8) is 0 Å². The molecule has 1 aliphatic rings. The van der Waals surface area contributed by atoms with Crippen molar-refractivity contribution >= 4 is 15.9 Å². The Morgan fingerprint density at radius 2 is 1.78 bits per heavy atom. The van der Waals surface area contributed by atoms with E-state index in [4.69, 9.17) is 14.2 Å². The number of nitrogens with one attached hydrogen (secondary N) is 1. The van der Waals surface area contributed by atoms with Gasteiger partial charge in [0.2, 0.25) is 0 Å². The molecular formula is C16H25N3O7S. The highest BCUT2D eigenvalue weighted by Gasteiger charge is 2.30. The van der Waals surface area contributed by atoms with Gasteiger partial charge in [0.15, 0.2) is 11.5 Å². The average Bonchev–Trinajstić information content (AvgIpc) is 2.60. The van der Waals surface area contributed by atoms with Gasteiger partial charge in [-0.05, 0) is 26.3 Å². The number of hydrogen-bond acceptors (Lipinski definition) is 7. The highest BCUT2D eigenvalue weighted by molar-refractivity contribution is 7.87. The zero-order valence-electron chi connectivity index (χ0n) is 15.8. The first-order valence-electron chi connectivity index (χ1n) is 8.47. The number of nitro groups is 1. The minimum atomic E-state index is -3.70. The molecule has 0 radical (unpaired) electrons. The van der Waals surface area contributed by atoms with Gasteiger partial charge >= 0.3 is 0 Å². The molecule has 0 spiro atoms. The molecule has 1 aliphatic heterocycles. The van der Waals surface area contributed by atoms with E-state index < -0.39 is 15.1 Å². The molecule has 2 unspecified atom stereocenters. The van der Waals surface area contributed by atoms with Crippen molar-refractivity contribution in [3.05, 3.63) is 27.8 Å². The lowest BCUT2D eigenvalue weighted by atomic mass is 10.1. The first-order valence-corrected chi connectivity index (χ1v) is 9.91. The Bertz CT molecular complexity index is 774. The van der Waals surface area contributed by atoms with Crippen LogP contribution < -0.4 is 14.2 Å². The second-order valence-corrected chi connectivity index (χ2v) is 8.07. The summed E-state index contributed by atoms with van der Waals surface area (Å²) in [5.74, 6) is 0.585. The van der Waals surface area contributed by atoms with Crippen LogP contribution in [0.5, 0.6) is 11.5 Å². The summed E-state index contributed by atoms with van der Waals surface area (Å²) in [5.41, 5.74) is 0.199. The van der Waals surface area contributed by atoms with Gasteiger partial charge < -0.3 is 14.2 Å². The highest BCUT2D eigenvalue weighted by atomic mass is 32.2. The molecule has 1 N–H and O–H groups in total. The Morgan fingerprint density at radius 1 is 1.22 bits per heavy atom. The summed E-state index contributed by atoms with van der Waals surface area (Å²) in [6, 6.07) is 2.76. The highest BCUT2D eigenvalue weighted by Crippen LogP contribution is 2.34. The van der Waals surface area contributed by atoms with Crippen molar-refractivity contribution in [2.24, 2.45) is 0 Å². The lowest BCUT2D eigenvalue weighted by molar-refractivity contribution is -0.385. The number of hydrogen-bond donors (Lipinski definition) is 1. The van der Waals surface area contributed by atoms with Crippen LogP contribution in [0.2, 0.25) is 0 Å². The second kappa shape index (κ2) is 8.83. The summed E-state index contributed by atoms with van der Waals surface area (Å²) < 4.78 is 44.6. The average molecular weight is 403 g/mol. The third-order valence-corrected chi connectivity index (χ3v) is 5.73. The third-order valence-electron chi connectivity index (χ3n) is 4.19. The van der Waals surface area contributed by atoms with Crippen molar-refractivity contribution < 1.29 is 27.6 Å². The van der Waals surface area contributed by atoms with Crippen molar-refractivity contribution in [3.8, 4) is 11.5 Å². The van der Waals surface area contributed by atoms with Crippen LogP contribution in [0.4, 0.5) is 5.69 Å². The number of benzene rings is 1. The number of rotatable bonds is 8. The number of nitrogens with zero attached hydrogens (tertiary/aromatic N) is 2. The van der Waals surface area contributed by atoms with E-state index in [1.165, 1.54) is 30.7 Å². The summed E-state index contributed by atoms with van der Waals surface area (Å²) in [6.45, 7) is 4.15. The largest absolute Gasteiger partial charge is 0.493 e. The Kier molecular flexibility index (Phi) is 6.98. The van der Waals surface area contributed by atoms with E-state index in [0.717, 1.165) is 0 Å². The summed E-state index contributed by atoms with van der Waals surface area (Å²) in [6.07, 6.45) is -0.264. The maximum atomic E-state index is 12.5. The van der Waals surface area contributed by atoms with Crippen molar-refractivity contribution in [1.82, 2.24) is 9.03 Å². The molecule has 0 amide bonds. The van der Waals surface area contributed by atoms with Crippen LogP contribution in [0, 0.1) is 10.1 Å². The first-order chi connectivity index (χ1) is 12.7. The molecule has 2 rings (SSSR count). The molecule has 27 heavy (non-hydrogen) atoms. The molecule has 2 atom stereocenters. The van der Waals surface area contributed by atoms with Crippen LogP contribution in [0.1, 0.15) is 19.4 Å². The van der Waals surface area contributed by atoms with Gasteiger partial charge in [0.05, 0.1) is 37.4 Å². The number of morpholine rings is 1. The van der Waals surface area contributed by atoms with Gasteiger partial charge in [-0.25, -0.2) is 4.72 Å². The molecule has 1 fully saturated rings. The SMILES string of the molecule is COc1cc(CCNS(=O)(=O)N2CC(C)OC(C)C2)c([N+](=O)[O-])cc1OC. The second-order valence-electron chi connectivity index (χ2n) is 6.32. The van der Waals surface area contributed by atoms with Gasteiger partial charge in [-0.15, -0.1) is 0 Å². The van der Waals surface area contributed by atoms with Crippen LogP contribution in [0.3, 0.4) is 0 Å². The lowest BCUT2D eigenvalue weighted by Crippen LogP contribution is -2.52. The topological polar surface area (TPSA) is 120 Å². The molecule has 0 aliphatic carbocycles. The molecule has 11 heteroatoms. The maximum absolute atomic E-state index is 12.5. The standard InChI is InChI=1S/C16H25N3O7S/c1-11-9-18(10-12(2)26-11)27(22,23)17-6-5-13-7-15(24-3)16(25-4)8-14(13)19(20)21/h7-8,11-12,17H,5-6,9-10H2,1-4H3. The van der Waals surface area contributed by atoms with Crippen LogP contribution in [0.15, 0.2) is 12.1 Å². The van der Waals surface area contributed by atoms with Gasteiger partial charge in [-0.3, -0.25) is 10.1 Å². The van der Waals surface area contributed by atoms with Crippen molar-refractivity contribution in [2.75, 3.05) is 33.9 Å². The maximum Gasteiger partial charge on any atom is 0.279 e. The lowest BCUT2D eigenvalue weighted by Gasteiger charge is -2.34. The van der Waals surface area contributed by atoms with Gasteiger partial charge in [-0.1, -0.05) is 0 Å². The smallest absolute Gasteiger partial charge is 0.279 e. The van der Waals surface area contributed by atoms with Gasteiger partial charge in [0.25, 0.3) is 15.9 Å². The van der Waals surface area contributed by atoms with E-state index in [-0.39, 0.29) is 49.7 Å². The normalized spacial score (nSPS) is 21.0. The van der Waals surface area contributed by atoms with Crippen LogP contribution in [-0.2, 0) is 21.4 Å². The Morgan fingerprint density at radius 3 is 2.30 bits per heavy atom. The van der Waals surface area contributed by atoms with Gasteiger partial charge in [-0.2, -0.15) is 12.7 Å². The number of ether oxygens (including phenoxy) is 3. The van der Waals surface area contributed by atoms with Crippen LogP contribution in [0.25, 0.3) is 0 Å². The minimum Gasteiger partial charge on any atom is -0.493 e. The molecule has 0 bridgehead atoms. The van der Waals surface area contributed by atoms with Crippen molar-refractivity contribution in [1.29, 1.82) is 0 Å². The van der Waals surface area contributed by atoms with E-state index in [9.17, 15) is 18.5 Å². The van der Waals surface area contributed by atoms with Gasteiger partial charge in [0, 0.05) is 25.2 Å². The van der Waals surface area contributed by atoms with E-state index in [0.29, 0.717) is 11.3 Å². The summed E-state index contributed by atoms with van der Waals surface area (Å²) in [4.78, 5) is 10.8. The third kappa shape index (κ3) is 5.28. The van der Waals surface area contributed by atoms with E-state index in [2.05, 4.69) is 4.72 Å². The summed E-state index contributed by atoms with van der Waals surface area (Å²) in [5, 5.41) is 11.3. The molecule has 0 aromatic heterocycles. The molecule has 0 saturated carbocycles. The van der Waals surface area contributed by atoms with Crippen molar-refractivity contribution in [2.45, 2.75) is 32.5 Å². The summed E-state index contributed by atoms with van der Waals surface area (Å²) in [7, 11) is -0.887. The quantitative estimate of drug-likeness (QED) is 0.510. The summed E-state index contributed by atoms with van der Waals surface area (Å²) >= 11 is 0. The van der Waals surface area contributed by atoms with E-state index in [1.54, 1.807) is 0 Å². The molecule has 152 valence electrons. The zero-order chi connectivity index (χ0) is 20.2. The molecule has 1 aromatic carbocycles. The zero-order valence-corrected chi connectivity index (χ0v) is 16.6. The fourth-order valence-corrected chi connectivity index (χ4v) is 4.37. The molecule has 1 heterocycles. The van der Waals surface area contributed by atoms with Gasteiger partial charge in [0.1, 0.15) is 0 Å². The first kappa shape index (κ1) is 21.4. The predicted octanol–water partition coefficient (Wildman–Crippen LogP) is 1.10. The minimum absolute atomic E-state index is 0.0127.